The van der Waals surface area contributed by atoms with Gasteiger partial charge in [0.25, 0.3) is 0 Å². The molecule has 1 fully saturated rings. The Labute approximate surface area is 249 Å². The summed E-state index contributed by atoms with van der Waals surface area (Å²) in [7, 11) is 6.75. The molecule has 236 valence electrons. The van der Waals surface area contributed by atoms with Crippen molar-refractivity contribution in [2.75, 3.05) is 46.4 Å². The van der Waals surface area contributed by atoms with Crippen LogP contribution in [0.1, 0.15) is 48.8 Å². The zero-order chi connectivity index (χ0) is 31.4. The number of benzene rings is 1. The standard InChI is InChI=1S/C29H40N4O10/c1-6-42-22-10-15-16-9-14(43-28(39)26(38)25(37)24(36)20(35)13-34)7-8-19(16)31-23(17(15)11-21(22)40-4)18-12-30-29(33(2)3)32-27(18)41-5/h10-12,14,16,19-20,24-26,34-38H,6-9,13H2,1-5H3/t14-,16-,19-,20-,24-,25+,26-/m1/s1. The fourth-order valence-corrected chi connectivity index (χ4v) is 5.46. The number of hydrogen-bond acceptors (Lipinski definition) is 14. The Bertz CT molecular complexity index is 1320. The lowest BCUT2D eigenvalue weighted by atomic mass is 9.74. The van der Waals surface area contributed by atoms with E-state index in [1.165, 1.54) is 7.11 Å². The van der Waals surface area contributed by atoms with E-state index in [4.69, 9.17) is 29.0 Å². The minimum absolute atomic E-state index is 0.199. The van der Waals surface area contributed by atoms with Crippen LogP contribution in [0.5, 0.6) is 17.4 Å². The highest BCUT2D eigenvalue weighted by Crippen LogP contribution is 2.46. The van der Waals surface area contributed by atoms with Crippen LogP contribution in [0.3, 0.4) is 0 Å². The van der Waals surface area contributed by atoms with Gasteiger partial charge in [0.2, 0.25) is 11.8 Å². The molecule has 0 radical (unpaired) electrons. The quantitative estimate of drug-likeness (QED) is 0.200. The molecule has 0 bridgehead atoms. The van der Waals surface area contributed by atoms with Crippen molar-refractivity contribution in [2.24, 2.45) is 4.99 Å². The maximum absolute atomic E-state index is 12.7. The number of aromatic nitrogens is 2. The third kappa shape index (κ3) is 6.68. The van der Waals surface area contributed by atoms with Crippen LogP contribution in [0.4, 0.5) is 5.95 Å². The van der Waals surface area contributed by atoms with Crippen LogP contribution in [0.15, 0.2) is 23.3 Å². The molecule has 0 saturated heterocycles. The molecular formula is C29H40N4O10. The monoisotopic (exact) mass is 604 g/mol. The molecule has 0 spiro atoms. The van der Waals surface area contributed by atoms with Gasteiger partial charge in [-0.3, -0.25) is 4.99 Å². The molecule has 1 aromatic heterocycles. The number of fused-ring (bicyclic) bond motifs is 3. The van der Waals surface area contributed by atoms with E-state index in [9.17, 15) is 25.2 Å². The van der Waals surface area contributed by atoms with Crippen molar-refractivity contribution < 1.29 is 49.3 Å². The molecular weight excluding hydrogens is 564 g/mol. The number of carbonyl (C=O) groups is 1. The van der Waals surface area contributed by atoms with Gasteiger partial charge >= 0.3 is 5.97 Å². The summed E-state index contributed by atoms with van der Waals surface area (Å²) >= 11 is 0. The van der Waals surface area contributed by atoms with Gasteiger partial charge in [-0.05, 0) is 43.9 Å². The summed E-state index contributed by atoms with van der Waals surface area (Å²) < 4.78 is 22.7. The summed E-state index contributed by atoms with van der Waals surface area (Å²) in [5, 5.41) is 48.9. The Kier molecular flexibility index (Phi) is 10.4. The number of aliphatic hydroxyl groups is 5. The van der Waals surface area contributed by atoms with E-state index in [2.05, 4.69) is 9.97 Å². The first-order valence-corrected chi connectivity index (χ1v) is 14.1. The van der Waals surface area contributed by atoms with Crippen molar-refractivity contribution in [1.29, 1.82) is 0 Å². The predicted octanol–water partition coefficient (Wildman–Crippen LogP) is -0.207. The van der Waals surface area contributed by atoms with E-state index in [0.29, 0.717) is 60.5 Å². The summed E-state index contributed by atoms with van der Waals surface area (Å²) in [5.41, 5.74) is 2.88. The summed E-state index contributed by atoms with van der Waals surface area (Å²) in [4.78, 5) is 28.6. The first-order chi connectivity index (χ1) is 20.5. The second-order valence-electron chi connectivity index (χ2n) is 10.7. The normalized spacial score (nSPS) is 22.2. The molecule has 1 aromatic carbocycles. The Morgan fingerprint density at radius 2 is 1.79 bits per heavy atom. The third-order valence-corrected chi connectivity index (χ3v) is 7.72. The molecule has 1 aliphatic carbocycles. The smallest absolute Gasteiger partial charge is 0.338 e. The molecule has 1 aliphatic heterocycles. The molecule has 2 aromatic rings. The van der Waals surface area contributed by atoms with E-state index in [1.54, 1.807) is 18.2 Å². The van der Waals surface area contributed by atoms with Crippen molar-refractivity contribution >= 4 is 17.6 Å². The van der Waals surface area contributed by atoms with Gasteiger partial charge in [-0.2, -0.15) is 4.98 Å². The number of methoxy groups -OCH3 is 2. The molecule has 14 nitrogen and oxygen atoms in total. The summed E-state index contributed by atoms with van der Waals surface area (Å²) in [6.07, 6.45) is -5.49. The number of carbonyl (C=O) groups excluding carboxylic acids is 1. The number of aliphatic imine (C=N–C) groups is 1. The molecule has 1 saturated carbocycles. The average Bonchev–Trinajstić information content (AvgIpc) is 3.02. The number of anilines is 1. The molecule has 14 heteroatoms. The lowest BCUT2D eigenvalue weighted by Crippen LogP contribution is -2.50. The van der Waals surface area contributed by atoms with Crippen LogP contribution in [0, 0.1) is 0 Å². The first kappa shape index (κ1) is 32.4. The second kappa shape index (κ2) is 13.8. The van der Waals surface area contributed by atoms with Crippen molar-refractivity contribution in [3.05, 3.63) is 35.0 Å². The molecule has 0 amide bonds. The Morgan fingerprint density at radius 3 is 2.42 bits per heavy atom. The maximum Gasteiger partial charge on any atom is 0.338 e. The Morgan fingerprint density at radius 1 is 1.05 bits per heavy atom. The topological polar surface area (TPSA) is 197 Å². The van der Waals surface area contributed by atoms with Gasteiger partial charge in [-0.15, -0.1) is 0 Å². The van der Waals surface area contributed by atoms with Gasteiger partial charge in [0.05, 0.1) is 44.8 Å². The summed E-state index contributed by atoms with van der Waals surface area (Å²) in [5.74, 6) is 0.547. The SMILES string of the molecule is CCOc1cc2c(cc1OC)C(c1cnc(N(C)C)nc1OC)=N[C@@H]1CC[C@@H](OC(=O)[C@H](O)[C@@H](O)[C@H](O)[C@H](O)CO)C[C@H]21. The molecule has 7 atom stereocenters. The molecule has 2 heterocycles. The average molecular weight is 605 g/mol. The molecule has 0 unspecified atom stereocenters. The van der Waals surface area contributed by atoms with Crippen molar-refractivity contribution in [3.8, 4) is 17.4 Å². The lowest BCUT2D eigenvalue weighted by molar-refractivity contribution is -0.176. The van der Waals surface area contributed by atoms with Gasteiger partial charge < -0.3 is 49.4 Å². The number of esters is 1. The number of nitrogens with zero attached hydrogens (tertiary/aromatic N) is 4. The number of rotatable bonds is 12. The highest BCUT2D eigenvalue weighted by Gasteiger charge is 2.41. The van der Waals surface area contributed by atoms with E-state index in [1.807, 2.05) is 33.2 Å². The Hall–Kier alpha value is -3.56. The number of ether oxygens (including phenoxy) is 4. The lowest BCUT2D eigenvalue weighted by Gasteiger charge is -2.39. The summed E-state index contributed by atoms with van der Waals surface area (Å²) in [6, 6.07) is 3.55. The van der Waals surface area contributed by atoms with Crippen molar-refractivity contribution in [2.45, 2.75) is 68.7 Å². The van der Waals surface area contributed by atoms with Gasteiger partial charge in [0, 0.05) is 31.8 Å². The van der Waals surface area contributed by atoms with Gasteiger partial charge in [0.1, 0.15) is 24.4 Å². The second-order valence-corrected chi connectivity index (χ2v) is 10.7. The van der Waals surface area contributed by atoms with Crippen LogP contribution in [0.2, 0.25) is 0 Å². The van der Waals surface area contributed by atoms with Crippen molar-refractivity contribution in [1.82, 2.24) is 9.97 Å². The minimum Gasteiger partial charge on any atom is -0.493 e. The van der Waals surface area contributed by atoms with Crippen LogP contribution in [-0.2, 0) is 9.53 Å². The minimum atomic E-state index is -2.12. The Balaban J connectivity index is 1.68. The highest BCUT2D eigenvalue weighted by atomic mass is 16.6. The number of hydrogen-bond donors (Lipinski definition) is 5. The molecule has 5 N–H and O–H groups in total. The maximum atomic E-state index is 12.7. The molecule has 43 heavy (non-hydrogen) atoms. The van der Waals surface area contributed by atoms with Crippen molar-refractivity contribution in [3.63, 3.8) is 0 Å². The zero-order valence-electron chi connectivity index (χ0n) is 24.9. The van der Waals surface area contributed by atoms with Gasteiger partial charge in [-0.1, -0.05) is 0 Å². The van der Waals surface area contributed by atoms with E-state index in [0.717, 1.165) is 11.1 Å². The largest absolute Gasteiger partial charge is 0.493 e. The van der Waals surface area contributed by atoms with Crippen LogP contribution in [-0.4, -0.2) is 125 Å². The first-order valence-electron chi connectivity index (χ1n) is 14.1. The zero-order valence-corrected chi connectivity index (χ0v) is 24.9. The third-order valence-electron chi connectivity index (χ3n) is 7.72. The van der Waals surface area contributed by atoms with Gasteiger partial charge in [-0.25, -0.2) is 9.78 Å². The van der Waals surface area contributed by atoms with Crippen LogP contribution < -0.4 is 19.1 Å². The predicted molar refractivity (Wildman–Crippen MR) is 154 cm³/mol. The van der Waals surface area contributed by atoms with Gasteiger partial charge in [0.15, 0.2) is 17.6 Å². The highest BCUT2D eigenvalue weighted by molar-refractivity contribution is 6.16. The number of aliphatic hydroxyl groups excluding tert-OH is 5. The molecule has 2 aliphatic rings. The fraction of sp³-hybridized carbons (Fsp3) is 0.586. The van der Waals surface area contributed by atoms with Crippen LogP contribution >= 0.6 is 0 Å². The fourth-order valence-electron chi connectivity index (χ4n) is 5.46. The van der Waals surface area contributed by atoms with E-state index >= 15 is 0 Å². The van der Waals surface area contributed by atoms with E-state index < -0.39 is 43.1 Å². The van der Waals surface area contributed by atoms with Crippen LogP contribution in [0.25, 0.3) is 0 Å². The van der Waals surface area contributed by atoms with E-state index in [-0.39, 0.29) is 12.0 Å². The molecule has 4 rings (SSSR count). The summed E-state index contributed by atoms with van der Waals surface area (Å²) in [6.45, 7) is 1.42.